The first-order valence-corrected chi connectivity index (χ1v) is 7.23. The predicted molar refractivity (Wildman–Crippen MR) is 83.6 cm³/mol. The summed E-state index contributed by atoms with van der Waals surface area (Å²) in [5.74, 6) is 0.0360. The first kappa shape index (κ1) is 14.8. The summed E-state index contributed by atoms with van der Waals surface area (Å²) in [6.07, 6.45) is 0.940. The molecule has 0 radical (unpaired) electrons. The van der Waals surface area contributed by atoms with E-state index in [1.807, 2.05) is 6.07 Å². The van der Waals surface area contributed by atoms with E-state index in [0.29, 0.717) is 21.3 Å². The molecule has 0 fully saturated rings. The van der Waals surface area contributed by atoms with Crippen molar-refractivity contribution >= 4 is 35.0 Å². The lowest BCUT2D eigenvalue weighted by Crippen LogP contribution is -2.25. The van der Waals surface area contributed by atoms with Crippen LogP contribution < -0.4 is 0 Å². The summed E-state index contributed by atoms with van der Waals surface area (Å²) in [4.78, 5) is 16.0. The van der Waals surface area contributed by atoms with Crippen LogP contribution in [0.4, 0.5) is 0 Å². The number of benzene rings is 1. The zero-order valence-corrected chi connectivity index (χ0v) is 13.0. The first-order chi connectivity index (χ1) is 10.6. The molecule has 1 aromatic heterocycles. The smallest absolute Gasteiger partial charge is 0.259 e. The SMILES string of the molecule is CC(=O)N1N=C(c2ccccn2)O[C@H]1c1ccc(Cl)c(Cl)c1. The average molecular weight is 336 g/mol. The maximum atomic E-state index is 11.8. The topological polar surface area (TPSA) is 54.8 Å². The second kappa shape index (κ2) is 5.94. The molecule has 112 valence electrons. The third-order valence-corrected chi connectivity index (χ3v) is 3.82. The number of aromatic nitrogens is 1. The highest BCUT2D eigenvalue weighted by molar-refractivity contribution is 6.42. The Morgan fingerprint density at radius 3 is 2.68 bits per heavy atom. The summed E-state index contributed by atoms with van der Waals surface area (Å²) in [7, 11) is 0. The first-order valence-electron chi connectivity index (χ1n) is 6.47. The van der Waals surface area contributed by atoms with Crippen LogP contribution in [-0.4, -0.2) is 21.8 Å². The van der Waals surface area contributed by atoms with Gasteiger partial charge >= 0.3 is 0 Å². The van der Waals surface area contributed by atoms with Gasteiger partial charge in [-0.1, -0.05) is 35.3 Å². The number of rotatable bonds is 2. The Hall–Kier alpha value is -2.11. The third kappa shape index (κ3) is 2.77. The zero-order chi connectivity index (χ0) is 15.7. The Morgan fingerprint density at radius 2 is 2.05 bits per heavy atom. The summed E-state index contributed by atoms with van der Waals surface area (Å²) in [5.41, 5.74) is 1.23. The van der Waals surface area contributed by atoms with Crippen LogP contribution in [0.3, 0.4) is 0 Å². The summed E-state index contributed by atoms with van der Waals surface area (Å²) < 4.78 is 5.79. The number of ether oxygens (including phenoxy) is 1. The predicted octanol–water partition coefficient (Wildman–Crippen LogP) is 3.63. The molecular weight excluding hydrogens is 325 g/mol. The molecule has 0 aliphatic carbocycles. The molecule has 7 heteroatoms. The molecule has 2 aromatic rings. The summed E-state index contributed by atoms with van der Waals surface area (Å²) in [6.45, 7) is 1.42. The Bertz CT molecular complexity index is 750. The fourth-order valence-electron chi connectivity index (χ4n) is 2.04. The molecule has 0 N–H and O–H groups in total. The van der Waals surface area contributed by atoms with E-state index >= 15 is 0 Å². The lowest BCUT2D eigenvalue weighted by atomic mass is 10.2. The van der Waals surface area contributed by atoms with Crippen molar-refractivity contribution in [1.29, 1.82) is 0 Å². The van der Waals surface area contributed by atoms with Gasteiger partial charge in [0.2, 0.25) is 12.1 Å². The molecular formula is C15H11Cl2N3O2. The largest absolute Gasteiger partial charge is 0.445 e. The van der Waals surface area contributed by atoms with Crippen LogP contribution in [0.2, 0.25) is 10.0 Å². The van der Waals surface area contributed by atoms with E-state index in [9.17, 15) is 4.79 Å². The molecule has 1 atom stereocenters. The Kier molecular flexibility index (Phi) is 4.00. The van der Waals surface area contributed by atoms with E-state index in [1.54, 1.807) is 36.5 Å². The monoisotopic (exact) mass is 335 g/mol. The lowest BCUT2D eigenvalue weighted by Gasteiger charge is -2.19. The number of hydrogen-bond acceptors (Lipinski definition) is 4. The van der Waals surface area contributed by atoms with Crippen molar-refractivity contribution in [3.8, 4) is 0 Å². The van der Waals surface area contributed by atoms with Crippen LogP contribution in [0, 0.1) is 0 Å². The standard InChI is InChI=1S/C15H11Cl2N3O2/c1-9(21)20-15(10-5-6-11(16)12(17)8-10)22-14(19-20)13-4-2-3-7-18-13/h2-8,15H,1H3/t15-/m0/s1. The molecule has 5 nitrogen and oxygen atoms in total. The van der Waals surface area contributed by atoms with Gasteiger partial charge in [-0.15, -0.1) is 5.10 Å². The highest BCUT2D eigenvalue weighted by atomic mass is 35.5. The minimum atomic E-state index is -0.690. The molecule has 22 heavy (non-hydrogen) atoms. The van der Waals surface area contributed by atoms with Crippen molar-refractivity contribution < 1.29 is 9.53 Å². The van der Waals surface area contributed by atoms with Crippen LogP contribution in [0.25, 0.3) is 0 Å². The van der Waals surface area contributed by atoms with Gasteiger partial charge in [0.15, 0.2) is 0 Å². The van der Waals surface area contributed by atoms with Crippen molar-refractivity contribution in [2.45, 2.75) is 13.2 Å². The van der Waals surface area contributed by atoms with Crippen LogP contribution in [0.15, 0.2) is 47.7 Å². The van der Waals surface area contributed by atoms with E-state index in [0.717, 1.165) is 0 Å². The molecule has 0 spiro atoms. The molecule has 0 bridgehead atoms. The van der Waals surface area contributed by atoms with Crippen molar-refractivity contribution in [3.05, 3.63) is 63.9 Å². The van der Waals surface area contributed by atoms with Crippen molar-refractivity contribution in [2.24, 2.45) is 5.10 Å². The second-order valence-electron chi connectivity index (χ2n) is 4.63. The molecule has 1 aliphatic heterocycles. The van der Waals surface area contributed by atoms with E-state index in [2.05, 4.69) is 10.1 Å². The van der Waals surface area contributed by atoms with E-state index < -0.39 is 6.23 Å². The number of carbonyl (C=O) groups is 1. The molecule has 3 rings (SSSR count). The maximum Gasteiger partial charge on any atom is 0.259 e. The average Bonchev–Trinajstić information content (AvgIpc) is 2.96. The quantitative estimate of drug-likeness (QED) is 0.842. The minimum absolute atomic E-state index is 0.248. The van der Waals surface area contributed by atoms with Crippen molar-refractivity contribution in [2.75, 3.05) is 0 Å². The molecule has 2 heterocycles. The molecule has 0 saturated carbocycles. The molecule has 0 saturated heterocycles. The minimum Gasteiger partial charge on any atom is -0.445 e. The van der Waals surface area contributed by atoms with Gasteiger partial charge in [-0.25, -0.2) is 0 Å². The summed E-state index contributed by atoms with van der Waals surface area (Å²) in [5, 5.41) is 6.28. The van der Waals surface area contributed by atoms with Gasteiger partial charge in [-0.05, 0) is 24.3 Å². The van der Waals surface area contributed by atoms with Crippen LogP contribution in [0.1, 0.15) is 24.4 Å². The molecule has 1 aromatic carbocycles. The van der Waals surface area contributed by atoms with Gasteiger partial charge in [0.05, 0.1) is 10.0 Å². The third-order valence-electron chi connectivity index (χ3n) is 3.08. The van der Waals surface area contributed by atoms with Gasteiger partial charge < -0.3 is 4.74 Å². The number of halogens is 2. The fraction of sp³-hybridized carbons (Fsp3) is 0.133. The molecule has 1 aliphatic rings. The fourth-order valence-corrected chi connectivity index (χ4v) is 2.35. The normalized spacial score (nSPS) is 17.1. The lowest BCUT2D eigenvalue weighted by molar-refractivity contribution is -0.135. The highest BCUT2D eigenvalue weighted by Crippen LogP contribution is 2.33. The van der Waals surface area contributed by atoms with E-state index in [1.165, 1.54) is 11.9 Å². The van der Waals surface area contributed by atoms with Crippen LogP contribution in [0.5, 0.6) is 0 Å². The van der Waals surface area contributed by atoms with Gasteiger partial charge in [0, 0.05) is 18.7 Å². The van der Waals surface area contributed by atoms with Crippen molar-refractivity contribution in [1.82, 2.24) is 9.99 Å². The van der Waals surface area contributed by atoms with Crippen molar-refractivity contribution in [3.63, 3.8) is 0 Å². The Labute approximate surface area is 137 Å². The number of pyridine rings is 1. The number of carbonyl (C=O) groups excluding carboxylic acids is 1. The molecule has 1 amide bonds. The maximum absolute atomic E-state index is 11.8. The number of nitrogens with zero attached hydrogens (tertiary/aromatic N) is 3. The zero-order valence-electron chi connectivity index (χ0n) is 11.5. The number of amides is 1. The number of hydrogen-bond donors (Lipinski definition) is 0. The van der Waals surface area contributed by atoms with Crippen LogP contribution in [-0.2, 0) is 9.53 Å². The van der Waals surface area contributed by atoms with E-state index in [4.69, 9.17) is 27.9 Å². The Balaban J connectivity index is 1.96. The summed E-state index contributed by atoms with van der Waals surface area (Å²) >= 11 is 12.0. The van der Waals surface area contributed by atoms with Gasteiger partial charge in [0.1, 0.15) is 5.69 Å². The van der Waals surface area contributed by atoms with Gasteiger partial charge in [-0.3, -0.25) is 9.78 Å². The molecule has 0 unspecified atom stereocenters. The second-order valence-corrected chi connectivity index (χ2v) is 5.44. The van der Waals surface area contributed by atoms with Crippen LogP contribution >= 0.6 is 23.2 Å². The highest BCUT2D eigenvalue weighted by Gasteiger charge is 2.33. The van der Waals surface area contributed by atoms with Gasteiger partial charge in [0.25, 0.3) is 5.90 Å². The summed E-state index contributed by atoms with van der Waals surface area (Å²) in [6, 6.07) is 10.4. The number of hydrazone groups is 1. The Morgan fingerprint density at radius 1 is 1.23 bits per heavy atom. The van der Waals surface area contributed by atoms with E-state index in [-0.39, 0.29) is 11.8 Å². The van der Waals surface area contributed by atoms with Gasteiger partial charge in [-0.2, -0.15) is 5.01 Å².